The summed E-state index contributed by atoms with van der Waals surface area (Å²) in [6, 6.07) is 8.05. The fourth-order valence-corrected chi connectivity index (χ4v) is 3.37. The third-order valence-electron chi connectivity index (χ3n) is 2.63. The number of nitrogens with two attached hydrogens (primary N) is 1. The predicted molar refractivity (Wildman–Crippen MR) is 75.6 cm³/mol. The summed E-state index contributed by atoms with van der Waals surface area (Å²) in [5.74, 6) is 0.874. The first-order chi connectivity index (χ1) is 8.20. The molecule has 2 aromatic rings. The molecule has 17 heavy (non-hydrogen) atoms. The maximum absolute atomic E-state index is 6.20. The summed E-state index contributed by atoms with van der Waals surface area (Å²) in [5.41, 5.74) is 8.55. The lowest BCUT2D eigenvalue weighted by atomic mass is 10.0. The van der Waals surface area contributed by atoms with Crippen LogP contribution in [0.3, 0.4) is 0 Å². The normalized spacial score (nSPS) is 12.4. The monoisotopic (exact) mass is 311 g/mol. The van der Waals surface area contributed by atoms with Crippen LogP contribution in [0, 0.1) is 0 Å². The third kappa shape index (κ3) is 3.09. The second-order valence-corrected chi connectivity index (χ2v) is 5.44. The van der Waals surface area contributed by atoms with E-state index < -0.39 is 0 Å². The van der Waals surface area contributed by atoms with E-state index >= 15 is 0 Å². The summed E-state index contributed by atoms with van der Waals surface area (Å²) in [6.45, 7) is 0. The molecular formula is C13H14BrNOS. The average Bonchev–Trinajstić information content (AvgIpc) is 2.76. The number of rotatable bonds is 4. The Hall–Kier alpha value is -0.840. The quantitative estimate of drug-likeness (QED) is 0.933. The van der Waals surface area contributed by atoms with E-state index in [1.807, 2.05) is 18.2 Å². The molecule has 1 aromatic heterocycles. The molecule has 4 heteroatoms. The first-order valence-corrected chi connectivity index (χ1v) is 7.04. The minimum atomic E-state index is 0.0164. The highest BCUT2D eigenvalue weighted by molar-refractivity contribution is 9.10. The van der Waals surface area contributed by atoms with Gasteiger partial charge in [0.15, 0.2) is 0 Å². The minimum Gasteiger partial charge on any atom is -0.497 e. The van der Waals surface area contributed by atoms with E-state index in [1.54, 1.807) is 18.4 Å². The summed E-state index contributed by atoms with van der Waals surface area (Å²) in [4.78, 5) is 0. The highest BCUT2D eigenvalue weighted by Gasteiger charge is 2.11. The highest BCUT2D eigenvalue weighted by atomic mass is 79.9. The van der Waals surface area contributed by atoms with Crippen LogP contribution in [0.15, 0.2) is 39.5 Å². The highest BCUT2D eigenvalue weighted by Crippen LogP contribution is 2.28. The largest absolute Gasteiger partial charge is 0.497 e. The molecule has 1 unspecified atom stereocenters. The second-order valence-electron chi connectivity index (χ2n) is 3.84. The van der Waals surface area contributed by atoms with Crippen molar-refractivity contribution < 1.29 is 4.74 Å². The van der Waals surface area contributed by atoms with Crippen molar-refractivity contribution in [3.8, 4) is 5.75 Å². The van der Waals surface area contributed by atoms with Crippen LogP contribution in [0.2, 0.25) is 0 Å². The van der Waals surface area contributed by atoms with Gasteiger partial charge in [-0.15, -0.1) is 0 Å². The van der Waals surface area contributed by atoms with Gasteiger partial charge in [0.1, 0.15) is 5.75 Å². The van der Waals surface area contributed by atoms with E-state index in [9.17, 15) is 0 Å². The molecule has 2 N–H and O–H groups in total. The molecule has 0 saturated carbocycles. The molecule has 0 aliphatic carbocycles. The molecule has 1 aromatic carbocycles. The Labute approximate surface area is 114 Å². The van der Waals surface area contributed by atoms with Gasteiger partial charge >= 0.3 is 0 Å². The summed E-state index contributed by atoms with van der Waals surface area (Å²) in [6.07, 6.45) is 0.812. The van der Waals surface area contributed by atoms with E-state index in [1.165, 1.54) is 5.56 Å². The number of halogens is 1. The number of thiophene rings is 1. The standard InChI is InChI=1S/C13H14BrNOS/c1-16-10-4-2-3-9(5-10)6-13(15)11-7-17-8-12(11)14/h2-5,7-8,13H,6,15H2,1H3. The van der Waals surface area contributed by atoms with Crippen molar-refractivity contribution in [2.75, 3.05) is 7.11 Å². The zero-order valence-electron chi connectivity index (χ0n) is 9.52. The fourth-order valence-electron chi connectivity index (χ4n) is 1.72. The molecule has 0 amide bonds. The summed E-state index contributed by atoms with van der Waals surface area (Å²) in [5, 5.41) is 4.15. The maximum atomic E-state index is 6.20. The van der Waals surface area contributed by atoms with Gasteiger partial charge in [-0.1, -0.05) is 12.1 Å². The van der Waals surface area contributed by atoms with E-state index in [2.05, 4.69) is 32.8 Å². The SMILES string of the molecule is COc1cccc(CC(N)c2cscc2Br)c1. The van der Waals surface area contributed by atoms with Crippen molar-refractivity contribution in [2.45, 2.75) is 12.5 Å². The lowest BCUT2D eigenvalue weighted by Gasteiger charge is -2.11. The van der Waals surface area contributed by atoms with Crippen LogP contribution in [0.25, 0.3) is 0 Å². The summed E-state index contributed by atoms with van der Waals surface area (Å²) >= 11 is 5.18. The molecule has 1 heterocycles. The van der Waals surface area contributed by atoms with Gasteiger partial charge in [0.2, 0.25) is 0 Å². The van der Waals surface area contributed by atoms with Crippen molar-refractivity contribution >= 4 is 27.3 Å². The van der Waals surface area contributed by atoms with Crippen molar-refractivity contribution in [1.82, 2.24) is 0 Å². The Morgan fingerprint density at radius 2 is 2.24 bits per heavy atom. The molecule has 0 saturated heterocycles. The number of ether oxygens (including phenoxy) is 1. The van der Waals surface area contributed by atoms with Crippen molar-refractivity contribution in [3.05, 3.63) is 50.6 Å². The zero-order valence-corrected chi connectivity index (χ0v) is 11.9. The van der Waals surface area contributed by atoms with Gasteiger partial charge in [-0.3, -0.25) is 0 Å². The fraction of sp³-hybridized carbons (Fsp3) is 0.231. The number of benzene rings is 1. The number of methoxy groups -OCH3 is 1. The molecule has 2 nitrogen and oxygen atoms in total. The molecule has 90 valence electrons. The molecule has 0 aliphatic rings. The van der Waals surface area contributed by atoms with Crippen molar-refractivity contribution in [1.29, 1.82) is 0 Å². The average molecular weight is 312 g/mol. The first-order valence-electron chi connectivity index (χ1n) is 5.31. The van der Waals surface area contributed by atoms with Crippen LogP contribution in [0.5, 0.6) is 5.75 Å². The third-order valence-corrected chi connectivity index (χ3v) is 4.38. The van der Waals surface area contributed by atoms with Crippen LogP contribution in [0.1, 0.15) is 17.2 Å². The smallest absolute Gasteiger partial charge is 0.119 e. The molecule has 2 rings (SSSR count). The molecule has 0 radical (unpaired) electrons. The Kier molecular flexibility index (Phi) is 4.20. The zero-order chi connectivity index (χ0) is 12.3. The van der Waals surface area contributed by atoms with Crippen molar-refractivity contribution in [3.63, 3.8) is 0 Å². The van der Waals surface area contributed by atoms with E-state index in [-0.39, 0.29) is 6.04 Å². The van der Waals surface area contributed by atoms with Gasteiger partial charge in [0, 0.05) is 15.9 Å². The Morgan fingerprint density at radius 3 is 2.88 bits per heavy atom. The maximum Gasteiger partial charge on any atom is 0.119 e. The summed E-state index contributed by atoms with van der Waals surface area (Å²) < 4.78 is 6.30. The Balaban J connectivity index is 2.13. The number of hydrogen-bond acceptors (Lipinski definition) is 3. The lowest BCUT2D eigenvalue weighted by molar-refractivity contribution is 0.414. The van der Waals surface area contributed by atoms with Gasteiger partial charge < -0.3 is 10.5 Å². The molecular weight excluding hydrogens is 298 g/mol. The van der Waals surface area contributed by atoms with Crippen LogP contribution in [-0.4, -0.2) is 7.11 Å². The minimum absolute atomic E-state index is 0.0164. The van der Waals surface area contributed by atoms with Crippen LogP contribution in [0.4, 0.5) is 0 Å². The van der Waals surface area contributed by atoms with Gasteiger partial charge in [-0.05, 0) is 51.0 Å². The molecule has 0 aliphatic heterocycles. The van der Waals surface area contributed by atoms with Crippen molar-refractivity contribution in [2.24, 2.45) is 5.73 Å². The van der Waals surface area contributed by atoms with Gasteiger partial charge in [0.25, 0.3) is 0 Å². The van der Waals surface area contributed by atoms with Crippen LogP contribution >= 0.6 is 27.3 Å². The van der Waals surface area contributed by atoms with Gasteiger partial charge in [-0.2, -0.15) is 11.3 Å². The van der Waals surface area contributed by atoms with Crippen LogP contribution in [-0.2, 0) is 6.42 Å². The lowest BCUT2D eigenvalue weighted by Crippen LogP contribution is -2.12. The Bertz CT molecular complexity index is 498. The Morgan fingerprint density at radius 1 is 1.41 bits per heavy atom. The first kappa shape index (κ1) is 12.6. The molecule has 0 fully saturated rings. The number of hydrogen-bond donors (Lipinski definition) is 1. The second kappa shape index (κ2) is 5.67. The molecule has 0 spiro atoms. The summed E-state index contributed by atoms with van der Waals surface area (Å²) in [7, 11) is 1.68. The van der Waals surface area contributed by atoms with E-state index in [4.69, 9.17) is 10.5 Å². The van der Waals surface area contributed by atoms with E-state index in [0.29, 0.717) is 0 Å². The van der Waals surface area contributed by atoms with Gasteiger partial charge in [0.05, 0.1) is 7.11 Å². The predicted octanol–water partition coefficient (Wildman–Crippen LogP) is 3.76. The molecule has 0 bridgehead atoms. The van der Waals surface area contributed by atoms with Gasteiger partial charge in [-0.25, -0.2) is 0 Å². The topological polar surface area (TPSA) is 35.2 Å². The molecule has 1 atom stereocenters. The van der Waals surface area contributed by atoms with Crippen LogP contribution < -0.4 is 10.5 Å². The van der Waals surface area contributed by atoms with E-state index in [0.717, 1.165) is 22.2 Å².